The molecule has 7 heteroatoms. The molecule has 1 saturated carbocycles. The number of aryl methyl sites for hydroxylation is 1. The summed E-state index contributed by atoms with van der Waals surface area (Å²) in [6.45, 7) is 4.14. The van der Waals surface area contributed by atoms with Crippen LogP contribution in [0.5, 0.6) is 0 Å². The van der Waals surface area contributed by atoms with Gasteiger partial charge in [-0.1, -0.05) is 24.6 Å². The van der Waals surface area contributed by atoms with Crippen LogP contribution in [-0.4, -0.2) is 38.4 Å². The topological polar surface area (TPSA) is 75.3 Å². The lowest BCUT2D eigenvalue weighted by Crippen LogP contribution is -2.50. The van der Waals surface area contributed by atoms with Crippen LogP contribution < -0.4 is 10.0 Å². The predicted molar refractivity (Wildman–Crippen MR) is 108 cm³/mol. The Bertz CT molecular complexity index is 681. The number of hydrogen-bond acceptors (Lipinski definition) is 4. The van der Waals surface area contributed by atoms with E-state index < -0.39 is 16.1 Å². The molecule has 0 heterocycles. The van der Waals surface area contributed by atoms with Crippen LogP contribution in [0.25, 0.3) is 0 Å². The number of sulfonamides is 1. The van der Waals surface area contributed by atoms with Gasteiger partial charge in [0, 0.05) is 6.04 Å². The van der Waals surface area contributed by atoms with Crippen LogP contribution in [0.3, 0.4) is 0 Å². The van der Waals surface area contributed by atoms with E-state index in [-0.39, 0.29) is 16.8 Å². The second-order valence-corrected chi connectivity index (χ2v) is 9.93. The number of hydrogen-bond donors (Lipinski definition) is 2. The summed E-state index contributed by atoms with van der Waals surface area (Å²) in [4.78, 5) is 12.9. The van der Waals surface area contributed by atoms with Gasteiger partial charge in [0.2, 0.25) is 15.9 Å². The van der Waals surface area contributed by atoms with Crippen molar-refractivity contribution < 1.29 is 13.2 Å². The fraction of sp³-hybridized carbons (Fsp3) is 0.632. The first kappa shape index (κ1) is 21.3. The highest BCUT2D eigenvalue weighted by atomic mass is 32.2. The molecule has 0 spiro atoms. The van der Waals surface area contributed by atoms with E-state index >= 15 is 0 Å². The van der Waals surface area contributed by atoms with E-state index in [9.17, 15) is 13.2 Å². The third kappa shape index (κ3) is 6.28. The summed E-state index contributed by atoms with van der Waals surface area (Å²) in [6.07, 6.45) is 6.57. The number of carbonyl (C=O) groups is 1. The van der Waals surface area contributed by atoms with Gasteiger partial charge in [0.15, 0.2) is 0 Å². The van der Waals surface area contributed by atoms with Crippen LogP contribution in [-0.2, 0) is 14.8 Å². The molecule has 2 rings (SSSR count). The molecular formula is C19H30N2O3S2. The summed E-state index contributed by atoms with van der Waals surface area (Å²) < 4.78 is 27.9. The molecule has 1 unspecified atom stereocenters. The quantitative estimate of drug-likeness (QED) is 0.706. The van der Waals surface area contributed by atoms with Gasteiger partial charge >= 0.3 is 0 Å². The highest BCUT2D eigenvalue weighted by Crippen LogP contribution is 2.23. The van der Waals surface area contributed by atoms with Crippen molar-refractivity contribution in [3.05, 3.63) is 29.8 Å². The van der Waals surface area contributed by atoms with Crippen LogP contribution in [0.15, 0.2) is 29.2 Å². The highest BCUT2D eigenvalue weighted by molar-refractivity contribution is 7.98. The van der Waals surface area contributed by atoms with Crippen LogP contribution >= 0.6 is 11.8 Å². The molecule has 1 aliphatic rings. The average molecular weight is 399 g/mol. The average Bonchev–Trinajstić information content (AvgIpc) is 2.61. The Labute approximate surface area is 161 Å². The molecule has 0 saturated heterocycles. The third-order valence-corrected chi connectivity index (χ3v) is 7.05. The van der Waals surface area contributed by atoms with Crippen molar-refractivity contribution in [3.8, 4) is 0 Å². The smallest absolute Gasteiger partial charge is 0.241 e. The van der Waals surface area contributed by atoms with Crippen LogP contribution in [0.1, 0.15) is 44.6 Å². The van der Waals surface area contributed by atoms with Crippen molar-refractivity contribution in [1.82, 2.24) is 10.0 Å². The maximum atomic E-state index is 12.7. The molecular weight excluding hydrogens is 368 g/mol. The van der Waals surface area contributed by atoms with Gasteiger partial charge in [0.25, 0.3) is 0 Å². The van der Waals surface area contributed by atoms with Crippen molar-refractivity contribution >= 4 is 27.7 Å². The molecule has 1 aromatic rings. The lowest BCUT2D eigenvalue weighted by Gasteiger charge is -2.28. The van der Waals surface area contributed by atoms with Gasteiger partial charge in [0.05, 0.1) is 4.90 Å². The van der Waals surface area contributed by atoms with Gasteiger partial charge in [-0.2, -0.15) is 16.5 Å². The zero-order valence-electron chi connectivity index (χ0n) is 15.8. The first-order valence-corrected chi connectivity index (χ1v) is 12.1. The molecule has 0 aliphatic heterocycles. The minimum Gasteiger partial charge on any atom is -0.352 e. The normalized spacial score (nSPS) is 22.0. The Morgan fingerprint density at radius 3 is 2.38 bits per heavy atom. The van der Waals surface area contributed by atoms with Gasteiger partial charge in [-0.3, -0.25) is 4.79 Å². The Balaban J connectivity index is 2.05. The van der Waals surface area contributed by atoms with Gasteiger partial charge in [-0.05, 0) is 69.1 Å². The molecule has 1 atom stereocenters. The molecule has 0 bridgehead atoms. The molecule has 1 amide bonds. The van der Waals surface area contributed by atoms with E-state index in [0.29, 0.717) is 12.3 Å². The maximum absolute atomic E-state index is 12.7. The fourth-order valence-electron chi connectivity index (χ4n) is 3.16. The second kappa shape index (κ2) is 9.76. The van der Waals surface area contributed by atoms with Crippen molar-refractivity contribution in [2.24, 2.45) is 5.92 Å². The lowest BCUT2D eigenvalue weighted by molar-refractivity contribution is -0.123. The Kier molecular flexibility index (Phi) is 7.98. The Hall–Kier alpha value is -1.05. The number of thioether (sulfide) groups is 1. The predicted octanol–water partition coefficient (Wildman–Crippen LogP) is 3.09. The molecule has 0 radical (unpaired) electrons. The van der Waals surface area contributed by atoms with Crippen molar-refractivity contribution in [3.63, 3.8) is 0 Å². The zero-order chi connectivity index (χ0) is 19.2. The summed E-state index contributed by atoms with van der Waals surface area (Å²) in [5, 5.41) is 3.06. The standard InChI is InChI=1S/C19H30N2O3S2/c1-14-4-8-16(9-5-14)20-19(22)18(12-13-25-3)21-26(23,24)17-10-6-15(2)7-11-17/h6-7,10-11,14,16,18,21H,4-5,8-9,12-13H2,1-3H3,(H,20,22). The molecule has 1 fully saturated rings. The zero-order valence-corrected chi connectivity index (χ0v) is 17.5. The van der Waals surface area contributed by atoms with Gasteiger partial charge in [-0.15, -0.1) is 0 Å². The Morgan fingerprint density at radius 1 is 1.19 bits per heavy atom. The molecule has 26 heavy (non-hydrogen) atoms. The molecule has 5 nitrogen and oxygen atoms in total. The monoisotopic (exact) mass is 398 g/mol. The number of amides is 1. The van der Waals surface area contributed by atoms with E-state index in [1.807, 2.05) is 13.2 Å². The second-order valence-electron chi connectivity index (χ2n) is 7.23. The molecule has 146 valence electrons. The van der Waals surface area contributed by atoms with Crippen LogP contribution in [0.2, 0.25) is 0 Å². The summed E-state index contributed by atoms with van der Waals surface area (Å²) in [5.41, 5.74) is 0.993. The molecule has 1 aliphatic carbocycles. The fourth-order valence-corrected chi connectivity index (χ4v) is 4.86. The molecule has 0 aromatic heterocycles. The Morgan fingerprint density at radius 2 is 1.81 bits per heavy atom. The van der Waals surface area contributed by atoms with Gasteiger partial charge in [-0.25, -0.2) is 8.42 Å². The van der Waals surface area contributed by atoms with E-state index in [1.54, 1.807) is 36.0 Å². The summed E-state index contributed by atoms with van der Waals surface area (Å²) in [6, 6.07) is 6.07. The third-order valence-electron chi connectivity index (χ3n) is 4.92. The molecule has 2 N–H and O–H groups in total. The minimum absolute atomic E-state index is 0.152. The molecule has 1 aromatic carbocycles. The maximum Gasteiger partial charge on any atom is 0.241 e. The lowest BCUT2D eigenvalue weighted by atomic mass is 9.87. The summed E-state index contributed by atoms with van der Waals surface area (Å²) in [5.74, 6) is 1.21. The number of carbonyl (C=O) groups excluding carboxylic acids is 1. The van der Waals surface area contributed by atoms with E-state index in [0.717, 1.165) is 37.0 Å². The number of benzene rings is 1. The van der Waals surface area contributed by atoms with Crippen molar-refractivity contribution in [2.75, 3.05) is 12.0 Å². The van der Waals surface area contributed by atoms with Crippen LogP contribution in [0, 0.1) is 12.8 Å². The van der Waals surface area contributed by atoms with Crippen LogP contribution in [0.4, 0.5) is 0 Å². The van der Waals surface area contributed by atoms with Crippen molar-refractivity contribution in [2.45, 2.75) is 62.9 Å². The van der Waals surface area contributed by atoms with Crippen molar-refractivity contribution in [1.29, 1.82) is 0 Å². The van der Waals surface area contributed by atoms with Gasteiger partial charge < -0.3 is 5.32 Å². The van der Waals surface area contributed by atoms with E-state index in [2.05, 4.69) is 17.0 Å². The number of nitrogens with one attached hydrogen (secondary N) is 2. The van der Waals surface area contributed by atoms with E-state index in [4.69, 9.17) is 0 Å². The first-order chi connectivity index (χ1) is 12.3. The SMILES string of the molecule is CSCCC(NS(=O)(=O)c1ccc(C)cc1)C(=O)NC1CCC(C)CC1. The minimum atomic E-state index is -3.72. The number of rotatable bonds is 8. The summed E-state index contributed by atoms with van der Waals surface area (Å²) >= 11 is 1.60. The highest BCUT2D eigenvalue weighted by Gasteiger charge is 2.28. The van der Waals surface area contributed by atoms with Gasteiger partial charge in [0.1, 0.15) is 6.04 Å². The largest absolute Gasteiger partial charge is 0.352 e. The first-order valence-electron chi connectivity index (χ1n) is 9.20. The summed E-state index contributed by atoms with van der Waals surface area (Å²) in [7, 11) is -3.72. The van der Waals surface area contributed by atoms with E-state index in [1.165, 1.54) is 0 Å².